The van der Waals surface area contributed by atoms with Crippen molar-refractivity contribution in [2.75, 3.05) is 6.54 Å². The summed E-state index contributed by atoms with van der Waals surface area (Å²) < 4.78 is 1.59. The average Bonchev–Trinajstić information content (AvgIpc) is 2.92. The van der Waals surface area contributed by atoms with Crippen LogP contribution in [0.1, 0.15) is 44.8 Å². The van der Waals surface area contributed by atoms with Gasteiger partial charge in [-0.3, -0.25) is 9.36 Å². The first-order valence-electron chi connectivity index (χ1n) is 8.39. The molecule has 0 radical (unpaired) electrons. The van der Waals surface area contributed by atoms with E-state index >= 15 is 0 Å². The van der Waals surface area contributed by atoms with Crippen molar-refractivity contribution in [2.24, 2.45) is 5.92 Å². The molecule has 2 heterocycles. The molecule has 0 saturated carbocycles. The molecular formula is C18H23N3O2S. The molecule has 0 fully saturated rings. The molecule has 6 heteroatoms. The lowest BCUT2D eigenvalue weighted by molar-refractivity contribution is 0.0956. The maximum absolute atomic E-state index is 12.4. The minimum Gasteiger partial charge on any atom is -0.350 e. The van der Waals surface area contributed by atoms with Crippen LogP contribution in [0.3, 0.4) is 0 Å². The van der Waals surface area contributed by atoms with E-state index in [0.29, 0.717) is 19.0 Å². The van der Waals surface area contributed by atoms with E-state index < -0.39 is 0 Å². The number of nitrogens with zero attached hydrogens (tertiary/aromatic N) is 2. The van der Waals surface area contributed by atoms with Gasteiger partial charge in [0.15, 0.2) is 0 Å². The lowest BCUT2D eigenvalue weighted by Gasteiger charge is -2.16. The van der Waals surface area contributed by atoms with E-state index in [9.17, 15) is 9.59 Å². The molecule has 24 heavy (non-hydrogen) atoms. The number of thiophene rings is 1. The summed E-state index contributed by atoms with van der Waals surface area (Å²) in [4.78, 5) is 30.3. The van der Waals surface area contributed by atoms with Crippen molar-refractivity contribution in [3.05, 3.63) is 49.3 Å². The van der Waals surface area contributed by atoms with E-state index in [4.69, 9.17) is 0 Å². The van der Waals surface area contributed by atoms with Gasteiger partial charge in [-0.2, -0.15) is 4.98 Å². The maximum atomic E-state index is 12.4. The summed E-state index contributed by atoms with van der Waals surface area (Å²) in [6, 6.07) is 3.91. The number of hydrogen-bond acceptors (Lipinski definition) is 4. The minimum absolute atomic E-state index is 0.0483. The lowest BCUT2D eigenvalue weighted by atomic mass is 9.90. The largest absolute Gasteiger partial charge is 0.350 e. The van der Waals surface area contributed by atoms with Gasteiger partial charge in [0.25, 0.3) is 5.91 Å². The summed E-state index contributed by atoms with van der Waals surface area (Å²) in [7, 11) is 0. The zero-order chi connectivity index (χ0) is 17.3. The van der Waals surface area contributed by atoms with Crippen molar-refractivity contribution in [1.82, 2.24) is 14.9 Å². The van der Waals surface area contributed by atoms with Crippen molar-refractivity contribution in [2.45, 2.75) is 46.6 Å². The number of nitrogens with one attached hydrogen (secondary N) is 1. The molecule has 0 spiro atoms. The Kier molecular flexibility index (Phi) is 4.85. The fourth-order valence-electron chi connectivity index (χ4n) is 3.23. The Labute approximate surface area is 145 Å². The normalized spacial score (nSPS) is 16.7. The monoisotopic (exact) mass is 345 g/mol. The molecule has 0 unspecified atom stereocenters. The third-order valence-electron chi connectivity index (χ3n) is 4.52. The predicted octanol–water partition coefficient (Wildman–Crippen LogP) is 2.48. The SMILES string of the molecule is Cc1cc(C)n(CCNC(=O)c2cc3c(s2)CC[C@H](C)C3)c(=O)n1. The molecule has 1 aliphatic carbocycles. The van der Waals surface area contributed by atoms with E-state index in [-0.39, 0.29) is 11.6 Å². The van der Waals surface area contributed by atoms with Gasteiger partial charge in [-0.1, -0.05) is 6.92 Å². The van der Waals surface area contributed by atoms with E-state index in [1.54, 1.807) is 22.8 Å². The molecule has 3 rings (SSSR count). The minimum atomic E-state index is -0.262. The van der Waals surface area contributed by atoms with Gasteiger partial charge in [0.1, 0.15) is 0 Å². The standard InChI is InChI=1S/C18H23N3O2S/c1-11-4-5-15-14(8-11)10-16(24-15)17(22)19-6-7-21-13(3)9-12(2)20-18(21)23/h9-11H,4-8H2,1-3H3,(H,19,22)/t11-/m0/s1. The Morgan fingerprint density at radius 1 is 1.42 bits per heavy atom. The highest BCUT2D eigenvalue weighted by Crippen LogP contribution is 2.32. The number of aromatic nitrogens is 2. The van der Waals surface area contributed by atoms with Gasteiger partial charge >= 0.3 is 5.69 Å². The second kappa shape index (κ2) is 6.89. The third-order valence-corrected chi connectivity index (χ3v) is 5.76. The molecule has 0 bridgehead atoms. The van der Waals surface area contributed by atoms with Crippen LogP contribution >= 0.6 is 11.3 Å². The number of carbonyl (C=O) groups excluding carboxylic acids is 1. The van der Waals surface area contributed by atoms with Gasteiger partial charge in [0.2, 0.25) is 0 Å². The molecule has 1 amide bonds. The summed E-state index contributed by atoms with van der Waals surface area (Å²) in [5.41, 5.74) is 2.65. The molecule has 5 nitrogen and oxygen atoms in total. The van der Waals surface area contributed by atoms with Crippen molar-refractivity contribution in [3.63, 3.8) is 0 Å². The molecule has 0 aromatic carbocycles. The number of fused-ring (bicyclic) bond motifs is 1. The van der Waals surface area contributed by atoms with E-state index in [0.717, 1.165) is 29.1 Å². The highest BCUT2D eigenvalue weighted by molar-refractivity contribution is 7.14. The Balaban J connectivity index is 1.62. The topological polar surface area (TPSA) is 64.0 Å². The first kappa shape index (κ1) is 16.9. The smallest absolute Gasteiger partial charge is 0.348 e. The van der Waals surface area contributed by atoms with Crippen LogP contribution < -0.4 is 11.0 Å². The molecule has 128 valence electrons. The van der Waals surface area contributed by atoms with Gasteiger partial charge in [-0.15, -0.1) is 11.3 Å². The molecule has 2 aromatic heterocycles. The summed E-state index contributed by atoms with van der Waals surface area (Å²) >= 11 is 1.61. The predicted molar refractivity (Wildman–Crippen MR) is 95.8 cm³/mol. The summed E-state index contributed by atoms with van der Waals surface area (Å²) in [6.45, 7) is 6.80. The highest BCUT2D eigenvalue weighted by atomic mass is 32.1. The van der Waals surface area contributed by atoms with Crippen LogP contribution in [-0.4, -0.2) is 22.0 Å². The average molecular weight is 345 g/mol. The molecular weight excluding hydrogens is 322 g/mol. The zero-order valence-electron chi connectivity index (χ0n) is 14.4. The van der Waals surface area contributed by atoms with Gasteiger partial charge in [0, 0.05) is 29.4 Å². The van der Waals surface area contributed by atoms with Crippen molar-refractivity contribution in [1.29, 1.82) is 0 Å². The fourth-order valence-corrected chi connectivity index (χ4v) is 4.36. The molecule has 0 saturated heterocycles. The summed E-state index contributed by atoms with van der Waals surface area (Å²) in [5, 5.41) is 2.92. The van der Waals surface area contributed by atoms with Crippen LogP contribution in [0.15, 0.2) is 16.9 Å². The third kappa shape index (κ3) is 3.59. The number of amides is 1. The molecule has 1 N–H and O–H groups in total. The Bertz CT molecular complexity index is 822. The van der Waals surface area contributed by atoms with E-state index in [1.165, 1.54) is 16.9 Å². The number of hydrogen-bond donors (Lipinski definition) is 1. The van der Waals surface area contributed by atoms with Crippen molar-refractivity contribution in [3.8, 4) is 0 Å². The Hall–Kier alpha value is -1.95. The van der Waals surface area contributed by atoms with E-state index in [1.807, 2.05) is 19.1 Å². The van der Waals surface area contributed by atoms with E-state index in [2.05, 4.69) is 17.2 Å². The first-order chi connectivity index (χ1) is 11.4. The van der Waals surface area contributed by atoms with Crippen LogP contribution in [0, 0.1) is 19.8 Å². The van der Waals surface area contributed by atoms with Crippen LogP contribution in [0.25, 0.3) is 0 Å². The van der Waals surface area contributed by atoms with Gasteiger partial charge in [0.05, 0.1) is 4.88 Å². The molecule has 1 aliphatic rings. The van der Waals surface area contributed by atoms with Crippen LogP contribution in [0.4, 0.5) is 0 Å². The Morgan fingerprint density at radius 2 is 2.21 bits per heavy atom. The fraction of sp³-hybridized carbons (Fsp3) is 0.500. The quantitative estimate of drug-likeness (QED) is 0.926. The number of rotatable bonds is 4. The van der Waals surface area contributed by atoms with Crippen LogP contribution in [0.5, 0.6) is 0 Å². The second-order valence-electron chi connectivity index (χ2n) is 6.64. The second-order valence-corrected chi connectivity index (χ2v) is 7.77. The number of carbonyl (C=O) groups is 1. The lowest BCUT2D eigenvalue weighted by Crippen LogP contribution is -2.32. The van der Waals surface area contributed by atoms with Gasteiger partial charge in [-0.05, 0) is 56.7 Å². The number of aryl methyl sites for hydroxylation is 3. The molecule has 0 aliphatic heterocycles. The highest BCUT2D eigenvalue weighted by Gasteiger charge is 2.20. The summed E-state index contributed by atoms with van der Waals surface area (Å²) in [6.07, 6.45) is 3.36. The Morgan fingerprint density at radius 3 is 2.96 bits per heavy atom. The summed E-state index contributed by atoms with van der Waals surface area (Å²) in [5.74, 6) is 0.653. The van der Waals surface area contributed by atoms with Crippen LogP contribution in [0.2, 0.25) is 0 Å². The van der Waals surface area contributed by atoms with Crippen molar-refractivity contribution >= 4 is 17.2 Å². The van der Waals surface area contributed by atoms with Crippen molar-refractivity contribution < 1.29 is 4.79 Å². The molecule has 2 aromatic rings. The van der Waals surface area contributed by atoms with Gasteiger partial charge < -0.3 is 5.32 Å². The van der Waals surface area contributed by atoms with Gasteiger partial charge in [-0.25, -0.2) is 4.79 Å². The molecule has 1 atom stereocenters. The zero-order valence-corrected chi connectivity index (χ0v) is 15.2. The maximum Gasteiger partial charge on any atom is 0.348 e. The first-order valence-corrected chi connectivity index (χ1v) is 9.20. The van der Waals surface area contributed by atoms with Crippen LogP contribution in [-0.2, 0) is 19.4 Å².